The van der Waals surface area contributed by atoms with E-state index in [1.807, 2.05) is 17.5 Å². The average Bonchev–Trinajstić information content (AvgIpc) is 3.19. The molecule has 1 aliphatic heterocycles. The molecule has 5 nitrogen and oxygen atoms in total. The molecule has 3 unspecified atom stereocenters. The van der Waals surface area contributed by atoms with Crippen molar-refractivity contribution in [2.75, 3.05) is 6.61 Å². The van der Waals surface area contributed by atoms with E-state index in [1.54, 1.807) is 11.3 Å². The zero-order valence-corrected chi connectivity index (χ0v) is 13.0. The molecular formula is C15H19N3O2S. The Morgan fingerprint density at radius 3 is 3.19 bits per heavy atom. The second-order valence-corrected chi connectivity index (χ2v) is 7.36. The van der Waals surface area contributed by atoms with E-state index in [0.29, 0.717) is 36.3 Å². The summed E-state index contributed by atoms with van der Waals surface area (Å²) in [6.07, 6.45) is 1.55. The number of rotatable bonds is 4. The third-order valence-corrected chi connectivity index (χ3v) is 5.65. The van der Waals surface area contributed by atoms with Crippen molar-refractivity contribution >= 4 is 11.3 Å². The molecule has 2 aromatic rings. The lowest BCUT2D eigenvalue weighted by atomic mass is 9.57. The first-order valence-corrected chi connectivity index (χ1v) is 8.25. The van der Waals surface area contributed by atoms with Gasteiger partial charge in [-0.3, -0.25) is 0 Å². The van der Waals surface area contributed by atoms with Crippen molar-refractivity contribution in [3.05, 3.63) is 23.4 Å². The lowest BCUT2D eigenvalue weighted by Gasteiger charge is -2.54. The van der Waals surface area contributed by atoms with Gasteiger partial charge in [-0.1, -0.05) is 25.1 Å². The van der Waals surface area contributed by atoms with Gasteiger partial charge < -0.3 is 14.6 Å². The summed E-state index contributed by atoms with van der Waals surface area (Å²) in [4.78, 5) is 5.50. The fraction of sp³-hybridized carbons (Fsp3) is 0.600. The van der Waals surface area contributed by atoms with Crippen LogP contribution in [0, 0.1) is 11.3 Å². The molecule has 1 saturated heterocycles. The summed E-state index contributed by atoms with van der Waals surface area (Å²) in [5.41, 5.74) is 0.178. The first-order chi connectivity index (χ1) is 10.2. The first kappa shape index (κ1) is 13.4. The van der Waals surface area contributed by atoms with E-state index in [2.05, 4.69) is 29.3 Å². The molecule has 1 aliphatic carbocycles. The highest BCUT2D eigenvalue weighted by molar-refractivity contribution is 7.13. The van der Waals surface area contributed by atoms with Crippen molar-refractivity contribution in [2.24, 2.45) is 11.3 Å². The van der Waals surface area contributed by atoms with Gasteiger partial charge in [-0.15, -0.1) is 11.3 Å². The number of nitrogens with one attached hydrogen (secondary N) is 1. The molecule has 0 amide bonds. The maximum Gasteiger partial charge on any atom is 0.240 e. The quantitative estimate of drug-likeness (QED) is 0.941. The van der Waals surface area contributed by atoms with Crippen LogP contribution in [-0.4, -0.2) is 28.9 Å². The number of aromatic nitrogens is 2. The van der Waals surface area contributed by atoms with Crippen LogP contribution in [0.25, 0.3) is 10.7 Å². The minimum absolute atomic E-state index is 0.178. The predicted octanol–water partition coefficient (Wildman–Crippen LogP) is 2.70. The summed E-state index contributed by atoms with van der Waals surface area (Å²) in [5, 5.41) is 9.64. The van der Waals surface area contributed by atoms with Gasteiger partial charge in [0.1, 0.15) is 0 Å². The first-order valence-electron chi connectivity index (χ1n) is 7.38. The maximum atomic E-state index is 5.81. The molecule has 21 heavy (non-hydrogen) atoms. The van der Waals surface area contributed by atoms with Crippen molar-refractivity contribution in [3.63, 3.8) is 0 Å². The van der Waals surface area contributed by atoms with Crippen LogP contribution in [-0.2, 0) is 11.3 Å². The van der Waals surface area contributed by atoms with Gasteiger partial charge in [-0.05, 0) is 17.9 Å². The molecule has 1 N–H and O–H groups in total. The highest BCUT2D eigenvalue weighted by Crippen LogP contribution is 2.52. The van der Waals surface area contributed by atoms with Gasteiger partial charge in [-0.2, -0.15) is 4.98 Å². The molecule has 0 bridgehead atoms. The molecule has 0 radical (unpaired) electrons. The maximum absolute atomic E-state index is 5.81. The van der Waals surface area contributed by atoms with E-state index in [0.717, 1.165) is 17.9 Å². The summed E-state index contributed by atoms with van der Waals surface area (Å²) >= 11 is 1.62. The Kier molecular flexibility index (Phi) is 3.13. The molecule has 3 heterocycles. The van der Waals surface area contributed by atoms with E-state index < -0.39 is 0 Å². The summed E-state index contributed by atoms with van der Waals surface area (Å²) < 4.78 is 11.2. The summed E-state index contributed by atoms with van der Waals surface area (Å²) in [7, 11) is 0. The minimum Gasteiger partial charge on any atom is -0.377 e. The molecule has 4 rings (SSSR count). The monoisotopic (exact) mass is 305 g/mol. The van der Waals surface area contributed by atoms with E-state index in [-0.39, 0.29) is 5.41 Å². The zero-order valence-electron chi connectivity index (χ0n) is 12.2. The van der Waals surface area contributed by atoms with E-state index in [4.69, 9.17) is 9.26 Å². The molecule has 2 aromatic heterocycles. The van der Waals surface area contributed by atoms with Gasteiger partial charge in [0, 0.05) is 24.0 Å². The van der Waals surface area contributed by atoms with Crippen molar-refractivity contribution in [1.82, 2.24) is 15.5 Å². The highest BCUT2D eigenvalue weighted by atomic mass is 32.1. The summed E-state index contributed by atoms with van der Waals surface area (Å²) in [6.45, 7) is 6.04. The second kappa shape index (κ2) is 4.90. The van der Waals surface area contributed by atoms with Gasteiger partial charge in [0.05, 0.1) is 17.5 Å². The van der Waals surface area contributed by atoms with Gasteiger partial charge in [-0.25, -0.2) is 0 Å². The van der Waals surface area contributed by atoms with Gasteiger partial charge in [0.15, 0.2) is 0 Å². The molecule has 3 atom stereocenters. The SMILES string of the molecule is CC1(C)C(NCc2nc(-c3cccs3)no2)C2CCOC21. The Labute approximate surface area is 127 Å². The normalized spacial score (nSPS) is 30.1. The van der Waals surface area contributed by atoms with Gasteiger partial charge in [0.2, 0.25) is 11.7 Å². The van der Waals surface area contributed by atoms with Crippen LogP contribution >= 0.6 is 11.3 Å². The largest absolute Gasteiger partial charge is 0.377 e. The molecular weight excluding hydrogens is 286 g/mol. The Hall–Kier alpha value is -1.24. The lowest BCUT2D eigenvalue weighted by Crippen LogP contribution is -2.65. The van der Waals surface area contributed by atoms with Crippen LogP contribution in [0.1, 0.15) is 26.2 Å². The number of thiophene rings is 1. The zero-order chi connectivity index (χ0) is 14.4. The number of hydrogen-bond acceptors (Lipinski definition) is 6. The third kappa shape index (κ3) is 2.13. The van der Waals surface area contributed by atoms with Crippen LogP contribution in [0.3, 0.4) is 0 Å². The molecule has 0 spiro atoms. The molecule has 1 saturated carbocycles. The molecule has 2 aliphatic rings. The number of nitrogens with zero attached hydrogens (tertiary/aromatic N) is 2. The topological polar surface area (TPSA) is 60.2 Å². The third-order valence-electron chi connectivity index (χ3n) is 4.78. The fourth-order valence-corrected chi connectivity index (χ4v) is 4.42. The van der Waals surface area contributed by atoms with E-state index in [9.17, 15) is 0 Å². The molecule has 0 aromatic carbocycles. The summed E-state index contributed by atoms with van der Waals surface area (Å²) in [6, 6.07) is 4.45. The lowest BCUT2D eigenvalue weighted by molar-refractivity contribution is -0.113. The van der Waals surface area contributed by atoms with Crippen LogP contribution in [0.2, 0.25) is 0 Å². The average molecular weight is 305 g/mol. The van der Waals surface area contributed by atoms with E-state index in [1.165, 1.54) is 0 Å². The van der Waals surface area contributed by atoms with Crippen LogP contribution in [0.5, 0.6) is 0 Å². The van der Waals surface area contributed by atoms with Crippen molar-refractivity contribution in [3.8, 4) is 10.7 Å². The smallest absolute Gasteiger partial charge is 0.240 e. The van der Waals surface area contributed by atoms with Crippen LogP contribution in [0.4, 0.5) is 0 Å². The predicted molar refractivity (Wildman–Crippen MR) is 79.9 cm³/mol. The van der Waals surface area contributed by atoms with E-state index >= 15 is 0 Å². The standard InChI is InChI=1S/C15H19N3O2S/c1-15(2)12(9-5-6-19-13(9)15)16-8-11-17-14(18-20-11)10-4-3-7-21-10/h3-4,7,9,12-13,16H,5-6,8H2,1-2H3. The number of fused-ring (bicyclic) bond motifs is 1. The van der Waals surface area contributed by atoms with Crippen LogP contribution in [0.15, 0.2) is 22.0 Å². The van der Waals surface area contributed by atoms with Crippen molar-refractivity contribution in [1.29, 1.82) is 0 Å². The van der Waals surface area contributed by atoms with Crippen LogP contribution < -0.4 is 5.32 Å². The fourth-order valence-electron chi connectivity index (χ4n) is 3.77. The Bertz CT molecular complexity index is 623. The highest BCUT2D eigenvalue weighted by Gasteiger charge is 2.58. The molecule has 6 heteroatoms. The van der Waals surface area contributed by atoms with Crippen molar-refractivity contribution in [2.45, 2.75) is 39.0 Å². The summed E-state index contributed by atoms with van der Waals surface area (Å²) in [5.74, 6) is 1.95. The number of hydrogen-bond donors (Lipinski definition) is 1. The van der Waals surface area contributed by atoms with Gasteiger partial charge in [0.25, 0.3) is 0 Å². The Morgan fingerprint density at radius 2 is 2.38 bits per heavy atom. The molecule has 2 fully saturated rings. The second-order valence-electron chi connectivity index (χ2n) is 6.41. The van der Waals surface area contributed by atoms with Crippen molar-refractivity contribution < 1.29 is 9.26 Å². The Morgan fingerprint density at radius 1 is 1.48 bits per heavy atom. The Balaban J connectivity index is 1.41. The molecule has 112 valence electrons. The number of ether oxygens (including phenoxy) is 1. The van der Waals surface area contributed by atoms with Gasteiger partial charge >= 0.3 is 0 Å². The minimum atomic E-state index is 0.178.